The van der Waals surface area contributed by atoms with E-state index < -0.39 is 15.8 Å². The Balaban J connectivity index is 2.14. The van der Waals surface area contributed by atoms with Gasteiger partial charge in [-0.3, -0.25) is 0 Å². The molecular formula is C14H21FN2O2S. The van der Waals surface area contributed by atoms with Crippen molar-refractivity contribution < 1.29 is 12.8 Å². The molecule has 1 aromatic carbocycles. The van der Waals surface area contributed by atoms with Gasteiger partial charge in [0.05, 0.1) is 4.90 Å². The lowest BCUT2D eigenvalue weighted by atomic mass is 10.1. The van der Waals surface area contributed by atoms with Crippen LogP contribution in [0.1, 0.15) is 31.7 Å². The summed E-state index contributed by atoms with van der Waals surface area (Å²) >= 11 is 0. The largest absolute Gasteiger partial charge is 0.399 e. The van der Waals surface area contributed by atoms with Crippen LogP contribution in [0.15, 0.2) is 17.0 Å². The molecule has 0 saturated heterocycles. The Morgan fingerprint density at radius 2 is 2.10 bits per heavy atom. The summed E-state index contributed by atoms with van der Waals surface area (Å²) in [5.74, 6) is 0.418. The van der Waals surface area contributed by atoms with Crippen LogP contribution < -0.4 is 10.5 Å². The molecule has 20 heavy (non-hydrogen) atoms. The highest BCUT2D eigenvalue weighted by molar-refractivity contribution is 7.89. The minimum absolute atomic E-state index is 0.0685. The number of nitrogens with one attached hydrogen (secondary N) is 1. The van der Waals surface area contributed by atoms with E-state index in [-0.39, 0.29) is 16.1 Å². The van der Waals surface area contributed by atoms with Gasteiger partial charge in [-0.2, -0.15) is 0 Å². The molecule has 0 spiro atoms. The van der Waals surface area contributed by atoms with E-state index in [2.05, 4.69) is 11.6 Å². The molecule has 0 aromatic heterocycles. The van der Waals surface area contributed by atoms with Gasteiger partial charge in [0, 0.05) is 17.8 Å². The minimum Gasteiger partial charge on any atom is -0.399 e. The Morgan fingerprint density at radius 3 is 2.70 bits per heavy atom. The summed E-state index contributed by atoms with van der Waals surface area (Å²) in [7, 11) is -3.71. The summed E-state index contributed by atoms with van der Waals surface area (Å²) in [6.45, 7) is 4.02. The van der Waals surface area contributed by atoms with Crippen LogP contribution in [0.2, 0.25) is 0 Å². The van der Waals surface area contributed by atoms with E-state index in [0.29, 0.717) is 18.4 Å². The zero-order valence-corrected chi connectivity index (χ0v) is 12.6. The fourth-order valence-corrected chi connectivity index (χ4v) is 4.17. The molecule has 4 nitrogen and oxygen atoms in total. The Morgan fingerprint density at radius 1 is 1.40 bits per heavy atom. The van der Waals surface area contributed by atoms with Crippen molar-refractivity contribution in [3.8, 4) is 0 Å². The normalized spacial score (nSPS) is 23.1. The maximum atomic E-state index is 13.6. The summed E-state index contributed by atoms with van der Waals surface area (Å²) in [6.07, 6.45) is 3.21. The number of nitrogen functional groups attached to an aromatic ring is 1. The quantitative estimate of drug-likeness (QED) is 0.839. The Hall–Kier alpha value is -1.14. The lowest BCUT2D eigenvalue weighted by Gasteiger charge is -2.14. The van der Waals surface area contributed by atoms with E-state index in [0.717, 1.165) is 25.3 Å². The molecule has 1 fully saturated rings. The van der Waals surface area contributed by atoms with Crippen molar-refractivity contribution in [3.05, 3.63) is 23.5 Å². The highest BCUT2D eigenvalue weighted by atomic mass is 32.2. The Kier molecular flexibility index (Phi) is 4.34. The van der Waals surface area contributed by atoms with E-state index >= 15 is 0 Å². The van der Waals surface area contributed by atoms with Crippen molar-refractivity contribution in [2.24, 2.45) is 11.8 Å². The van der Waals surface area contributed by atoms with Gasteiger partial charge in [-0.15, -0.1) is 0 Å². The topological polar surface area (TPSA) is 72.2 Å². The third kappa shape index (κ3) is 3.30. The average Bonchev–Trinajstić information content (AvgIpc) is 2.77. The highest BCUT2D eigenvalue weighted by Gasteiger charge is 2.25. The number of rotatable bonds is 4. The van der Waals surface area contributed by atoms with Crippen LogP contribution in [0.4, 0.5) is 10.1 Å². The maximum Gasteiger partial charge on any atom is 0.241 e. The fourth-order valence-electron chi connectivity index (χ4n) is 2.77. The van der Waals surface area contributed by atoms with Gasteiger partial charge in [0.25, 0.3) is 0 Å². The molecule has 0 amide bonds. The number of hydrogen-bond acceptors (Lipinski definition) is 3. The Bertz CT molecular complexity index is 601. The van der Waals surface area contributed by atoms with Crippen molar-refractivity contribution in [1.29, 1.82) is 0 Å². The fraction of sp³-hybridized carbons (Fsp3) is 0.571. The van der Waals surface area contributed by atoms with Crippen LogP contribution in [0.5, 0.6) is 0 Å². The molecule has 2 unspecified atom stereocenters. The SMILES string of the molecule is Cc1c(F)cc(N)cc1S(=O)(=O)NCC1CCC(C)C1. The zero-order valence-electron chi connectivity index (χ0n) is 11.8. The number of sulfonamides is 1. The lowest BCUT2D eigenvalue weighted by molar-refractivity contribution is 0.498. The molecule has 2 rings (SSSR count). The number of hydrogen-bond donors (Lipinski definition) is 2. The molecule has 1 aliphatic rings. The first kappa shape index (κ1) is 15.3. The summed E-state index contributed by atoms with van der Waals surface area (Å²) in [4.78, 5) is -0.0685. The summed E-state index contributed by atoms with van der Waals surface area (Å²) in [6, 6.07) is 2.44. The van der Waals surface area contributed by atoms with E-state index in [1.807, 2.05) is 0 Å². The second-order valence-electron chi connectivity index (χ2n) is 5.76. The highest BCUT2D eigenvalue weighted by Crippen LogP contribution is 2.30. The van der Waals surface area contributed by atoms with Gasteiger partial charge in [-0.25, -0.2) is 17.5 Å². The first-order valence-corrected chi connectivity index (χ1v) is 8.33. The number of nitrogens with two attached hydrogens (primary N) is 1. The smallest absolute Gasteiger partial charge is 0.241 e. The number of halogens is 1. The third-order valence-electron chi connectivity index (χ3n) is 3.97. The zero-order chi connectivity index (χ0) is 14.9. The van der Waals surface area contributed by atoms with E-state index in [9.17, 15) is 12.8 Å². The summed E-state index contributed by atoms with van der Waals surface area (Å²) in [5, 5.41) is 0. The maximum absolute atomic E-state index is 13.6. The van der Waals surface area contributed by atoms with Gasteiger partial charge in [-0.1, -0.05) is 13.3 Å². The van der Waals surface area contributed by atoms with Crippen LogP contribution in [0.25, 0.3) is 0 Å². The molecule has 1 saturated carbocycles. The third-order valence-corrected chi connectivity index (χ3v) is 5.52. The van der Waals surface area contributed by atoms with Crippen LogP contribution in [0, 0.1) is 24.6 Å². The molecule has 6 heteroatoms. The van der Waals surface area contributed by atoms with Gasteiger partial charge >= 0.3 is 0 Å². The van der Waals surface area contributed by atoms with E-state index in [1.165, 1.54) is 13.0 Å². The van der Waals surface area contributed by atoms with E-state index in [4.69, 9.17) is 5.73 Å². The van der Waals surface area contributed by atoms with Gasteiger partial charge < -0.3 is 5.73 Å². The average molecular weight is 300 g/mol. The molecule has 0 radical (unpaired) electrons. The van der Waals surface area contributed by atoms with Crippen LogP contribution in [-0.2, 0) is 10.0 Å². The molecule has 2 atom stereocenters. The molecule has 0 heterocycles. The van der Waals surface area contributed by atoms with Gasteiger partial charge in [0.2, 0.25) is 10.0 Å². The molecule has 1 aliphatic carbocycles. The van der Waals surface area contributed by atoms with Crippen LogP contribution >= 0.6 is 0 Å². The second kappa shape index (κ2) is 5.69. The first-order chi connectivity index (χ1) is 9.29. The van der Waals surface area contributed by atoms with E-state index in [1.54, 1.807) is 0 Å². The van der Waals surface area contributed by atoms with Crippen molar-refractivity contribution in [2.75, 3.05) is 12.3 Å². The summed E-state index contributed by atoms with van der Waals surface area (Å²) < 4.78 is 40.7. The standard InChI is InChI=1S/C14H21FN2O2S/c1-9-3-4-11(5-9)8-17-20(18,19)14-7-12(16)6-13(15)10(14)2/h6-7,9,11,17H,3-5,8,16H2,1-2H3. The molecule has 0 aliphatic heterocycles. The first-order valence-electron chi connectivity index (χ1n) is 6.85. The Labute approximate surface area is 119 Å². The van der Waals surface area contributed by atoms with Crippen molar-refractivity contribution in [3.63, 3.8) is 0 Å². The van der Waals surface area contributed by atoms with Crippen molar-refractivity contribution in [2.45, 2.75) is 38.0 Å². The monoisotopic (exact) mass is 300 g/mol. The van der Waals surface area contributed by atoms with Crippen molar-refractivity contribution in [1.82, 2.24) is 4.72 Å². The van der Waals surface area contributed by atoms with Crippen LogP contribution in [0.3, 0.4) is 0 Å². The lowest BCUT2D eigenvalue weighted by Crippen LogP contribution is -2.29. The molecule has 1 aromatic rings. The molecular weight excluding hydrogens is 279 g/mol. The van der Waals surface area contributed by atoms with Gasteiger partial charge in [0.1, 0.15) is 5.82 Å². The predicted octanol–water partition coefficient (Wildman–Crippen LogP) is 2.43. The van der Waals surface area contributed by atoms with Crippen LogP contribution in [-0.4, -0.2) is 15.0 Å². The van der Waals surface area contributed by atoms with Gasteiger partial charge in [-0.05, 0) is 43.7 Å². The minimum atomic E-state index is -3.71. The number of benzene rings is 1. The predicted molar refractivity (Wildman–Crippen MR) is 77.2 cm³/mol. The molecule has 3 N–H and O–H groups in total. The van der Waals surface area contributed by atoms with Crippen molar-refractivity contribution >= 4 is 15.7 Å². The molecule has 112 valence electrons. The summed E-state index contributed by atoms with van der Waals surface area (Å²) in [5.41, 5.74) is 5.75. The second-order valence-corrected chi connectivity index (χ2v) is 7.50. The van der Waals surface area contributed by atoms with Gasteiger partial charge in [0.15, 0.2) is 0 Å². The number of anilines is 1. The molecule has 0 bridgehead atoms.